The molecular weight excluding hydrogens is 176 g/mol. The fourth-order valence-electron chi connectivity index (χ4n) is 3.50. The molecular formula is C12H18O2. The van der Waals surface area contributed by atoms with Crippen LogP contribution in [0.5, 0.6) is 0 Å². The molecule has 1 saturated carbocycles. The molecule has 14 heavy (non-hydrogen) atoms. The van der Waals surface area contributed by atoms with Crippen molar-refractivity contribution in [1.82, 2.24) is 0 Å². The van der Waals surface area contributed by atoms with Crippen LogP contribution in [0, 0.1) is 16.7 Å². The monoisotopic (exact) mass is 194 g/mol. The Balaban J connectivity index is 2.46. The van der Waals surface area contributed by atoms with Crippen molar-refractivity contribution < 1.29 is 9.90 Å². The summed E-state index contributed by atoms with van der Waals surface area (Å²) in [6.45, 7) is 6.59. The number of aliphatic carboxylic acids is 1. The Kier molecular flexibility index (Phi) is 1.82. The first-order valence-electron chi connectivity index (χ1n) is 5.30. The number of carbonyl (C=O) groups is 1. The molecule has 0 aromatic carbocycles. The van der Waals surface area contributed by atoms with Gasteiger partial charge in [0, 0.05) is 5.57 Å². The highest BCUT2D eigenvalue weighted by molar-refractivity contribution is 5.88. The molecule has 1 N–H and O–H groups in total. The topological polar surface area (TPSA) is 37.3 Å². The van der Waals surface area contributed by atoms with Crippen molar-refractivity contribution in [2.24, 2.45) is 16.7 Å². The van der Waals surface area contributed by atoms with E-state index in [2.05, 4.69) is 20.8 Å². The van der Waals surface area contributed by atoms with E-state index in [0.717, 1.165) is 19.3 Å². The quantitative estimate of drug-likeness (QED) is 0.697. The summed E-state index contributed by atoms with van der Waals surface area (Å²) in [7, 11) is 0. The van der Waals surface area contributed by atoms with E-state index in [4.69, 9.17) is 5.11 Å². The predicted molar refractivity (Wildman–Crippen MR) is 54.9 cm³/mol. The molecule has 3 aliphatic carbocycles. The van der Waals surface area contributed by atoms with Gasteiger partial charge in [-0.05, 0) is 36.0 Å². The second-order valence-electron chi connectivity index (χ2n) is 5.82. The van der Waals surface area contributed by atoms with Crippen molar-refractivity contribution in [3.05, 3.63) is 11.6 Å². The van der Waals surface area contributed by atoms with E-state index in [1.807, 2.05) is 6.08 Å². The standard InChI is InChI=1S/C12H18O2/c1-11(2)7-12(3)5-4-9(11)8(6-12)10(13)14/h6,9H,4-5,7H2,1-3H3,(H,13,14). The van der Waals surface area contributed by atoms with Crippen LogP contribution in [0.4, 0.5) is 0 Å². The molecule has 78 valence electrons. The van der Waals surface area contributed by atoms with E-state index >= 15 is 0 Å². The largest absolute Gasteiger partial charge is 0.478 e. The highest BCUT2D eigenvalue weighted by Crippen LogP contribution is 2.57. The van der Waals surface area contributed by atoms with E-state index in [1.54, 1.807) is 0 Å². The van der Waals surface area contributed by atoms with Crippen LogP contribution in [-0.4, -0.2) is 11.1 Å². The Bertz CT molecular complexity index is 314. The van der Waals surface area contributed by atoms with Gasteiger partial charge in [0.1, 0.15) is 0 Å². The minimum absolute atomic E-state index is 0.131. The Hall–Kier alpha value is -0.790. The van der Waals surface area contributed by atoms with Gasteiger partial charge in [-0.3, -0.25) is 0 Å². The molecule has 2 bridgehead atoms. The van der Waals surface area contributed by atoms with E-state index in [-0.39, 0.29) is 16.7 Å². The molecule has 0 aromatic rings. The molecule has 2 unspecified atom stereocenters. The maximum absolute atomic E-state index is 11.1. The average molecular weight is 194 g/mol. The van der Waals surface area contributed by atoms with Gasteiger partial charge in [0.2, 0.25) is 0 Å². The van der Waals surface area contributed by atoms with Crippen LogP contribution in [0.15, 0.2) is 11.6 Å². The number of rotatable bonds is 1. The highest BCUT2D eigenvalue weighted by atomic mass is 16.4. The Morgan fingerprint density at radius 2 is 2.14 bits per heavy atom. The fraction of sp³-hybridized carbons (Fsp3) is 0.750. The summed E-state index contributed by atoms with van der Waals surface area (Å²) < 4.78 is 0. The van der Waals surface area contributed by atoms with Crippen molar-refractivity contribution in [2.45, 2.75) is 40.0 Å². The molecule has 0 aromatic heterocycles. The number of fused-ring (bicyclic) bond motifs is 2. The fourth-order valence-corrected chi connectivity index (χ4v) is 3.50. The number of carboxylic acid groups (broad SMARTS) is 1. The van der Waals surface area contributed by atoms with Crippen LogP contribution >= 0.6 is 0 Å². The molecule has 0 radical (unpaired) electrons. The highest BCUT2D eigenvalue weighted by Gasteiger charge is 2.49. The van der Waals surface area contributed by atoms with E-state index in [9.17, 15) is 4.79 Å². The van der Waals surface area contributed by atoms with Crippen LogP contribution in [-0.2, 0) is 4.79 Å². The Morgan fingerprint density at radius 3 is 2.57 bits per heavy atom. The molecule has 2 nitrogen and oxygen atoms in total. The maximum atomic E-state index is 11.1. The van der Waals surface area contributed by atoms with Crippen LogP contribution in [0.2, 0.25) is 0 Å². The van der Waals surface area contributed by atoms with E-state index in [0.29, 0.717) is 5.57 Å². The lowest BCUT2D eigenvalue weighted by Crippen LogP contribution is -2.44. The zero-order valence-corrected chi connectivity index (χ0v) is 9.13. The molecule has 2 heteroatoms. The van der Waals surface area contributed by atoms with Crippen molar-refractivity contribution in [3.63, 3.8) is 0 Å². The van der Waals surface area contributed by atoms with Crippen molar-refractivity contribution in [3.8, 4) is 0 Å². The van der Waals surface area contributed by atoms with Crippen molar-refractivity contribution in [2.75, 3.05) is 0 Å². The third kappa shape index (κ3) is 1.28. The summed E-state index contributed by atoms with van der Waals surface area (Å²) in [6, 6.07) is 0. The van der Waals surface area contributed by atoms with Crippen LogP contribution in [0.25, 0.3) is 0 Å². The van der Waals surface area contributed by atoms with E-state index in [1.165, 1.54) is 0 Å². The normalized spacial score (nSPS) is 39.4. The van der Waals surface area contributed by atoms with Crippen molar-refractivity contribution >= 4 is 5.97 Å². The molecule has 0 heterocycles. The van der Waals surface area contributed by atoms with Crippen LogP contribution < -0.4 is 0 Å². The molecule has 0 spiro atoms. The summed E-state index contributed by atoms with van der Waals surface area (Å²) in [5.41, 5.74) is 0.955. The van der Waals surface area contributed by atoms with Gasteiger partial charge in [-0.1, -0.05) is 26.8 Å². The molecule has 1 fully saturated rings. The Labute approximate surface area is 85.0 Å². The predicted octanol–water partition coefficient (Wildman–Crippen LogP) is 2.84. The van der Waals surface area contributed by atoms with Gasteiger partial charge in [-0.15, -0.1) is 0 Å². The van der Waals surface area contributed by atoms with Gasteiger partial charge >= 0.3 is 5.97 Å². The molecule has 0 aliphatic heterocycles. The minimum atomic E-state index is -0.714. The first-order valence-corrected chi connectivity index (χ1v) is 5.30. The molecule has 0 saturated heterocycles. The second-order valence-corrected chi connectivity index (χ2v) is 5.82. The minimum Gasteiger partial charge on any atom is -0.478 e. The lowest BCUT2D eigenvalue weighted by molar-refractivity contribution is -0.135. The molecule has 3 aliphatic rings. The number of carboxylic acids is 1. The summed E-state index contributed by atoms with van der Waals surface area (Å²) in [6.07, 6.45) is 5.33. The van der Waals surface area contributed by atoms with Gasteiger partial charge in [-0.25, -0.2) is 4.79 Å². The second kappa shape index (κ2) is 2.62. The number of hydrogen-bond donors (Lipinski definition) is 1. The lowest BCUT2D eigenvalue weighted by Gasteiger charge is -2.51. The zero-order valence-electron chi connectivity index (χ0n) is 9.13. The SMILES string of the molecule is CC12C=C(C(=O)O)C(CC1)C(C)(C)C2. The third-order valence-corrected chi connectivity index (χ3v) is 3.93. The van der Waals surface area contributed by atoms with Gasteiger partial charge < -0.3 is 5.11 Å². The first kappa shape index (κ1) is 9.75. The van der Waals surface area contributed by atoms with Crippen LogP contribution in [0.1, 0.15) is 40.0 Å². The zero-order chi connectivity index (χ0) is 10.6. The lowest BCUT2D eigenvalue weighted by atomic mass is 9.52. The smallest absolute Gasteiger partial charge is 0.331 e. The molecule has 3 rings (SSSR count). The van der Waals surface area contributed by atoms with Crippen LogP contribution in [0.3, 0.4) is 0 Å². The maximum Gasteiger partial charge on any atom is 0.331 e. The van der Waals surface area contributed by atoms with Gasteiger partial charge in [0.15, 0.2) is 0 Å². The molecule has 0 amide bonds. The van der Waals surface area contributed by atoms with Gasteiger partial charge in [0.05, 0.1) is 0 Å². The van der Waals surface area contributed by atoms with E-state index < -0.39 is 5.97 Å². The summed E-state index contributed by atoms with van der Waals surface area (Å²) in [5.74, 6) is -0.449. The Morgan fingerprint density at radius 1 is 1.50 bits per heavy atom. The molecule has 2 atom stereocenters. The summed E-state index contributed by atoms with van der Waals surface area (Å²) >= 11 is 0. The van der Waals surface area contributed by atoms with Gasteiger partial charge in [-0.2, -0.15) is 0 Å². The summed E-state index contributed by atoms with van der Waals surface area (Å²) in [4.78, 5) is 11.1. The first-order chi connectivity index (χ1) is 6.34. The summed E-state index contributed by atoms with van der Waals surface area (Å²) in [5, 5.41) is 9.14. The number of allylic oxidation sites excluding steroid dienone is 1. The van der Waals surface area contributed by atoms with Gasteiger partial charge in [0.25, 0.3) is 0 Å². The third-order valence-electron chi connectivity index (χ3n) is 3.93. The average Bonchev–Trinajstić information content (AvgIpc) is 2.00. The number of hydrogen-bond acceptors (Lipinski definition) is 1. The van der Waals surface area contributed by atoms with Crippen molar-refractivity contribution in [1.29, 1.82) is 0 Å².